The van der Waals surface area contributed by atoms with Crippen molar-refractivity contribution in [3.63, 3.8) is 0 Å². The van der Waals surface area contributed by atoms with Crippen LogP contribution in [-0.2, 0) is 16.1 Å². The molecule has 3 aliphatic rings. The molecular formula is C19H23N3O3. The number of carbonyl (C=O) groups is 1. The number of aryl methyl sites for hydroxylation is 1. The minimum absolute atomic E-state index is 0.110. The summed E-state index contributed by atoms with van der Waals surface area (Å²) in [6.45, 7) is 3.77. The number of hydrogen-bond acceptors (Lipinski definition) is 4. The summed E-state index contributed by atoms with van der Waals surface area (Å²) in [6, 6.07) is 7.92. The second-order valence-corrected chi connectivity index (χ2v) is 7.72. The van der Waals surface area contributed by atoms with Gasteiger partial charge in [0.2, 0.25) is 5.91 Å². The maximum Gasteiger partial charge on any atom is 0.242 e. The third-order valence-corrected chi connectivity index (χ3v) is 6.49. The fraction of sp³-hybridized carbons (Fsp3) is 0.579. The van der Waals surface area contributed by atoms with Crippen molar-refractivity contribution >= 4 is 16.9 Å². The Hall–Kier alpha value is -1.92. The quantitative estimate of drug-likeness (QED) is 0.915. The van der Waals surface area contributed by atoms with Crippen LogP contribution in [0.2, 0.25) is 0 Å². The van der Waals surface area contributed by atoms with Crippen LogP contribution < -0.4 is 0 Å². The second kappa shape index (κ2) is 5.29. The standard InChI is InChI=1S/C19H23N3O3/c1-12-20-15-4-2-3-5-16(15)22(12)9-18(24)21-8-14-13(10-23)17-6-7-19(14,11-21)25-17/h2-5,13-14,17,23H,6-11H2,1H3/t13-,14+,17+,19+/m0/s1. The Morgan fingerprint density at radius 3 is 3.12 bits per heavy atom. The van der Waals surface area contributed by atoms with Crippen LogP contribution in [0.3, 0.4) is 0 Å². The van der Waals surface area contributed by atoms with Crippen LogP contribution in [0.25, 0.3) is 11.0 Å². The lowest BCUT2D eigenvalue weighted by molar-refractivity contribution is -0.132. The summed E-state index contributed by atoms with van der Waals surface area (Å²) in [5.74, 6) is 1.43. The van der Waals surface area contributed by atoms with Crippen molar-refractivity contribution in [2.45, 2.75) is 38.0 Å². The van der Waals surface area contributed by atoms with Crippen LogP contribution in [0.4, 0.5) is 0 Å². The average molecular weight is 341 g/mol. The molecule has 4 heterocycles. The summed E-state index contributed by atoms with van der Waals surface area (Å²) in [5.41, 5.74) is 1.71. The van der Waals surface area contributed by atoms with Gasteiger partial charge in [-0.25, -0.2) is 4.98 Å². The highest BCUT2D eigenvalue weighted by atomic mass is 16.5. The van der Waals surface area contributed by atoms with Crippen LogP contribution in [0, 0.1) is 18.8 Å². The smallest absolute Gasteiger partial charge is 0.242 e. The van der Waals surface area contributed by atoms with E-state index in [9.17, 15) is 9.90 Å². The van der Waals surface area contributed by atoms with Gasteiger partial charge in [-0.1, -0.05) is 12.1 Å². The lowest BCUT2D eigenvalue weighted by atomic mass is 9.74. The molecule has 3 fully saturated rings. The van der Waals surface area contributed by atoms with Crippen LogP contribution in [-0.4, -0.2) is 56.9 Å². The minimum atomic E-state index is -0.209. The molecule has 25 heavy (non-hydrogen) atoms. The van der Waals surface area contributed by atoms with Gasteiger partial charge in [-0.15, -0.1) is 0 Å². The number of para-hydroxylation sites is 2. The molecule has 1 aromatic carbocycles. The average Bonchev–Trinajstić information content (AvgIpc) is 3.33. The molecule has 1 amide bonds. The Balaban J connectivity index is 1.38. The molecular weight excluding hydrogens is 318 g/mol. The summed E-state index contributed by atoms with van der Waals surface area (Å²) < 4.78 is 8.22. The molecule has 5 rings (SSSR count). The van der Waals surface area contributed by atoms with Gasteiger partial charge >= 0.3 is 0 Å². The zero-order chi connectivity index (χ0) is 17.2. The van der Waals surface area contributed by atoms with Crippen molar-refractivity contribution < 1.29 is 14.6 Å². The Kier molecular flexibility index (Phi) is 3.24. The topological polar surface area (TPSA) is 67.6 Å². The van der Waals surface area contributed by atoms with Crippen LogP contribution in [0.1, 0.15) is 18.7 Å². The number of hydrogen-bond donors (Lipinski definition) is 1. The molecule has 0 saturated carbocycles. The molecule has 0 aliphatic carbocycles. The second-order valence-electron chi connectivity index (χ2n) is 7.72. The molecule has 3 saturated heterocycles. The number of aromatic nitrogens is 2. The predicted molar refractivity (Wildman–Crippen MR) is 92.0 cm³/mol. The van der Waals surface area contributed by atoms with Gasteiger partial charge in [0, 0.05) is 25.0 Å². The summed E-state index contributed by atoms with van der Waals surface area (Å²) >= 11 is 0. The molecule has 4 atom stereocenters. The van der Waals surface area contributed by atoms with Gasteiger partial charge in [-0.3, -0.25) is 4.79 Å². The van der Waals surface area contributed by atoms with E-state index in [1.807, 2.05) is 40.7 Å². The normalized spacial score (nSPS) is 33.4. The molecule has 3 aliphatic heterocycles. The predicted octanol–water partition coefficient (Wildman–Crippen LogP) is 1.34. The van der Waals surface area contributed by atoms with E-state index in [4.69, 9.17) is 4.74 Å². The highest BCUT2D eigenvalue weighted by Crippen LogP contribution is 2.54. The van der Waals surface area contributed by atoms with Crippen LogP contribution in [0.5, 0.6) is 0 Å². The van der Waals surface area contributed by atoms with Crippen molar-refractivity contribution in [1.29, 1.82) is 0 Å². The van der Waals surface area contributed by atoms with Gasteiger partial charge in [0.15, 0.2) is 0 Å². The summed E-state index contributed by atoms with van der Waals surface area (Å²) in [4.78, 5) is 19.4. The number of carbonyl (C=O) groups excluding carboxylic acids is 1. The first kappa shape index (κ1) is 15.3. The van der Waals surface area contributed by atoms with Crippen molar-refractivity contribution in [2.75, 3.05) is 19.7 Å². The van der Waals surface area contributed by atoms with Gasteiger partial charge in [0.05, 0.1) is 29.3 Å². The van der Waals surface area contributed by atoms with Gasteiger partial charge < -0.3 is 19.3 Å². The van der Waals surface area contributed by atoms with E-state index in [1.54, 1.807) is 0 Å². The minimum Gasteiger partial charge on any atom is -0.396 e. The van der Waals surface area contributed by atoms with Gasteiger partial charge in [0.1, 0.15) is 12.4 Å². The zero-order valence-corrected chi connectivity index (χ0v) is 14.4. The third kappa shape index (κ3) is 2.10. The van der Waals surface area contributed by atoms with E-state index < -0.39 is 0 Å². The summed E-state index contributed by atoms with van der Waals surface area (Å²) in [6.07, 6.45) is 2.21. The van der Waals surface area contributed by atoms with E-state index in [-0.39, 0.29) is 36.1 Å². The first-order valence-electron chi connectivity index (χ1n) is 9.09. The lowest BCUT2D eigenvalue weighted by Crippen LogP contribution is -2.38. The number of imidazole rings is 1. The van der Waals surface area contributed by atoms with Crippen molar-refractivity contribution in [1.82, 2.24) is 14.5 Å². The van der Waals surface area contributed by atoms with Crippen molar-refractivity contribution in [2.24, 2.45) is 11.8 Å². The molecule has 6 heteroatoms. The lowest BCUT2D eigenvalue weighted by Gasteiger charge is -2.27. The Morgan fingerprint density at radius 2 is 2.28 bits per heavy atom. The van der Waals surface area contributed by atoms with Crippen LogP contribution in [0.15, 0.2) is 24.3 Å². The monoisotopic (exact) mass is 341 g/mol. The molecule has 1 spiro atoms. The number of likely N-dealkylation sites (tertiary alicyclic amines) is 1. The summed E-state index contributed by atoms with van der Waals surface area (Å²) in [7, 11) is 0. The van der Waals surface area contributed by atoms with Crippen molar-refractivity contribution in [3.05, 3.63) is 30.1 Å². The number of aliphatic hydroxyl groups is 1. The van der Waals surface area contributed by atoms with Crippen LogP contribution >= 0.6 is 0 Å². The fourth-order valence-corrected chi connectivity index (χ4v) is 5.26. The number of rotatable bonds is 3. The summed E-state index contributed by atoms with van der Waals surface area (Å²) in [5, 5.41) is 9.72. The third-order valence-electron chi connectivity index (χ3n) is 6.49. The van der Waals surface area contributed by atoms with Gasteiger partial charge in [-0.2, -0.15) is 0 Å². The van der Waals surface area contributed by atoms with Gasteiger partial charge in [0.25, 0.3) is 0 Å². The highest BCUT2D eigenvalue weighted by Gasteiger charge is 2.63. The van der Waals surface area contributed by atoms with Crippen molar-refractivity contribution in [3.8, 4) is 0 Å². The molecule has 132 valence electrons. The Morgan fingerprint density at radius 1 is 1.44 bits per heavy atom. The number of ether oxygens (including phenoxy) is 1. The molecule has 2 bridgehead atoms. The fourth-order valence-electron chi connectivity index (χ4n) is 5.26. The van der Waals surface area contributed by atoms with E-state index in [0.29, 0.717) is 19.6 Å². The van der Waals surface area contributed by atoms with E-state index >= 15 is 0 Å². The SMILES string of the molecule is Cc1nc2ccccc2n1CC(=O)N1C[C@@H]2[C@H](CO)[C@H]3CC[C@]2(C1)O3. The zero-order valence-electron chi connectivity index (χ0n) is 14.4. The maximum atomic E-state index is 13.0. The maximum absolute atomic E-state index is 13.0. The molecule has 0 radical (unpaired) electrons. The molecule has 2 aromatic rings. The number of nitrogens with zero attached hydrogens (tertiary/aromatic N) is 3. The van der Waals surface area contributed by atoms with Gasteiger partial charge in [-0.05, 0) is 31.9 Å². The number of amides is 1. The highest BCUT2D eigenvalue weighted by molar-refractivity contribution is 5.81. The largest absolute Gasteiger partial charge is 0.396 e. The Labute approximate surface area is 146 Å². The van der Waals surface area contributed by atoms with E-state index in [1.165, 1.54) is 0 Å². The first-order chi connectivity index (χ1) is 12.1. The number of benzene rings is 1. The number of aliphatic hydroxyl groups excluding tert-OH is 1. The van der Waals surface area contributed by atoms with E-state index in [2.05, 4.69) is 4.98 Å². The Bertz CT molecular complexity index is 848. The molecule has 1 N–H and O–H groups in total. The molecule has 6 nitrogen and oxygen atoms in total. The van der Waals surface area contributed by atoms with E-state index in [0.717, 1.165) is 29.7 Å². The molecule has 1 aromatic heterocycles. The number of fused-ring (bicyclic) bond motifs is 2. The first-order valence-corrected chi connectivity index (χ1v) is 9.09. The molecule has 0 unspecified atom stereocenters.